The minimum absolute atomic E-state index is 0.169. The van der Waals surface area contributed by atoms with Crippen molar-refractivity contribution in [3.8, 4) is 5.75 Å². The van der Waals surface area contributed by atoms with Crippen molar-refractivity contribution in [1.29, 1.82) is 0 Å². The van der Waals surface area contributed by atoms with Crippen molar-refractivity contribution < 1.29 is 13.2 Å². The van der Waals surface area contributed by atoms with Gasteiger partial charge in [-0.15, -0.1) is 10.2 Å². The van der Waals surface area contributed by atoms with Crippen LogP contribution in [-0.4, -0.2) is 30.1 Å². The molecule has 154 valence electrons. The Morgan fingerprint density at radius 2 is 1.70 bits per heavy atom. The van der Waals surface area contributed by atoms with Gasteiger partial charge in [-0.05, 0) is 61.4 Å². The largest absolute Gasteiger partial charge is 0.497 e. The van der Waals surface area contributed by atoms with Crippen molar-refractivity contribution in [2.45, 2.75) is 25.3 Å². The highest BCUT2D eigenvalue weighted by molar-refractivity contribution is 7.92. The Morgan fingerprint density at radius 1 is 0.967 bits per heavy atom. The quantitative estimate of drug-likeness (QED) is 0.473. The number of hydrogen-bond donors (Lipinski definition) is 0. The van der Waals surface area contributed by atoms with Crippen molar-refractivity contribution >= 4 is 21.4 Å². The molecule has 0 atom stereocenters. The molecule has 0 radical (unpaired) electrons. The molecule has 4 rings (SSSR count). The normalized spacial score (nSPS) is 11.6. The van der Waals surface area contributed by atoms with E-state index in [9.17, 15) is 8.42 Å². The van der Waals surface area contributed by atoms with Gasteiger partial charge in [-0.2, -0.15) is 0 Å². The number of ether oxygens (including phenoxy) is 1. The average Bonchev–Trinajstić information content (AvgIpc) is 3.13. The number of nitrogens with zero attached hydrogens (tertiary/aromatic N) is 4. The fourth-order valence-electron chi connectivity index (χ4n) is 3.27. The van der Waals surface area contributed by atoms with Gasteiger partial charge in [0.2, 0.25) is 0 Å². The summed E-state index contributed by atoms with van der Waals surface area (Å²) >= 11 is 0. The molecule has 0 bridgehead atoms. The molecule has 30 heavy (non-hydrogen) atoms. The van der Waals surface area contributed by atoms with Gasteiger partial charge in [0.25, 0.3) is 10.0 Å². The Morgan fingerprint density at radius 3 is 2.40 bits per heavy atom. The topological polar surface area (TPSA) is 76.8 Å². The molecule has 0 saturated heterocycles. The second-order valence-electron chi connectivity index (χ2n) is 6.98. The Kier molecular flexibility index (Phi) is 5.17. The molecule has 0 amide bonds. The van der Waals surface area contributed by atoms with E-state index >= 15 is 0 Å². The Hall–Kier alpha value is -3.39. The molecular weight excluding hydrogens is 400 g/mol. The first-order valence-electron chi connectivity index (χ1n) is 9.43. The van der Waals surface area contributed by atoms with E-state index < -0.39 is 10.0 Å². The number of fused-ring (bicyclic) bond motifs is 1. The molecule has 0 aliphatic heterocycles. The molecule has 0 aliphatic carbocycles. The van der Waals surface area contributed by atoms with Gasteiger partial charge in [0.05, 0.1) is 19.3 Å². The molecule has 7 nitrogen and oxygen atoms in total. The minimum atomic E-state index is -3.86. The summed E-state index contributed by atoms with van der Waals surface area (Å²) in [4.78, 5) is 0.169. The first-order valence-corrected chi connectivity index (χ1v) is 10.9. The standard InChI is InChI=1S/C22H22N4O3S/c1-16-6-4-5-7-18(16)14-26(19-8-10-20(29-3)11-9-19)30(27,28)21-12-13-22-24-23-17(2)25(22)15-21/h4-13,15H,14H2,1-3H3. The van der Waals surface area contributed by atoms with Crippen LogP contribution >= 0.6 is 0 Å². The number of sulfonamides is 1. The molecule has 0 saturated carbocycles. The summed E-state index contributed by atoms with van der Waals surface area (Å²) < 4.78 is 35.8. The van der Waals surface area contributed by atoms with Crippen LogP contribution in [0.15, 0.2) is 71.8 Å². The number of hydrogen-bond acceptors (Lipinski definition) is 5. The van der Waals surface area contributed by atoms with Crippen LogP contribution in [0.1, 0.15) is 17.0 Å². The number of aryl methyl sites for hydroxylation is 2. The lowest BCUT2D eigenvalue weighted by Crippen LogP contribution is -2.31. The van der Waals surface area contributed by atoms with Gasteiger partial charge in [0.1, 0.15) is 16.5 Å². The van der Waals surface area contributed by atoms with Crippen LogP contribution in [-0.2, 0) is 16.6 Å². The van der Waals surface area contributed by atoms with Gasteiger partial charge in [-0.1, -0.05) is 24.3 Å². The van der Waals surface area contributed by atoms with Crippen LogP contribution in [0.25, 0.3) is 5.65 Å². The van der Waals surface area contributed by atoms with E-state index in [0.29, 0.717) is 22.9 Å². The maximum Gasteiger partial charge on any atom is 0.266 e. The zero-order valence-electron chi connectivity index (χ0n) is 17.0. The van der Waals surface area contributed by atoms with Crippen LogP contribution in [0.3, 0.4) is 0 Å². The Balaban J connectivity index is 1.83. The third kappa shape index (κ3) is 3.61. The smallest absolute Gasteiger partial charge is 0.266 e. The molecule has 0 N–H and O–H groups in total. The highest BCUT2D eigenvalue weighted by Gasteiger charge is 2.26. The van der Waals surface area contributed by atoms with Crippen LogP contribution in [0.5, 0.6) is 5.75 Å². The Labute approximate surface area is 175 Å². The SMILES string of the molecule is COc1ccc(N(Cc2ccccc2C)S(=O)(=O)c2ccc3nnc(C)n3c2)cc1. The third-order valence-corrected chi connectivity index (χ3v) is 6.83. The second-order valence-corrected chi connectivity index (χ2v) is 8.84. The lowest BCUT2D eigenvalue weighted by Gasteiger charge is -2.25. The van der Waals surface area contributed by atoms with E-state index in [2.05, 4.69) is 10.2 Å². The lowest BCUT2D eigenvalue weighted by atomic mass is 10.1. The fraction of sp³-hybridized carbons (Fsp3) is 0.182. The predicted octanol–water partition coefficient (Wildman–Crippen LogP) is 3.75. The van der Waals surface area contributed by atoms with Crippen LogP contribution < -0.4 is 9.04 Å². The monoisotopic (exact) mass is 422 g/mol. The molecule has 2 aromatic carbocycles. The van der Waals surface area contributed by atoms with Crippen LogP contribution in [0.2, 0.25) is 0 Å². The zero-order chi connectivity index (χ0) is 21.3. The summed E-state index contributed by atoms with van der Waals surface area (Å²) in [7, 11) is -2.28. The molecule has 2 heterocycles. The van der Waals surface area contributed by atoms with E-state index in [0.717, 1.165) is 11.1 Å². The summed E-state index contributed by atoms with van der Waals surface area (Å²) in [5.74, 6) is 1.28. The fourth-order valence-corrected chi connectivity index (χ4v) is 4.71. The molecular formula is C22H22N4O3S. The van der Waals surface area contributed by atoms with E-state index in [4.69, 9.17) is 4.74 Å². The van der Waals surface area contributed by atoms with Crippen molar-refractivity contribution in [2.75, 3.05) is 11.4 Å². The average molecular weight is 423 g/mol. The van der Waals surface area contributed by atoms with Gasteiger partial charge < -0.3 is 4.74 Å². The predicted molar refractivity (Wildman–Crippen MR) is 115 cm³/mol. The number of rotatable bonds is 6. The highest BCUT2D eigenvalue weighted by Crippen LogP contribution is 2.28. The third-order valence-electron chi connectivity index (χ3n) is 5.07. The summed E-state index contributed by atoms with van der Waals surface area (Å²) in [5.41, 5.74) is 3.11. The molecule has 0 unspecified atom stereocenters. The molecule has 8 heteroatoms. The van der Waals surface area contributed by atoms with Crippen LogP contribution in [0.4, 0.5) is 5.69 Å². The molecule has 2 aromatic heterocycles. The molecule has 0 fully saturated rings. The number of pyridine rings is 1. The van der Waals surface area contributed by atoms with Gasteiger partial charge in [-0.3, -0.25) is 8.71 Å². The maximum absolute atomic E-state index is 13.7. The zero-order valence-corrected chi connectivity index (χ0v) is 17.8. The number of methoxy groups -OCH3 is 1. The Bertz CT molecular complexity index is 1300. The lowest BCUT2D eigenvalue weighted by molar-refractivity contribution is 0.415. The minimum Gasteiger partial charge on any atom is -0.497 e. The van der Waals surface area contributed by atoms with Crippen molar-refractivity contribution in [2.24, 2.45) is 0 Å². The number of anilines is 1. The van der Waals surface area contributed by atoms with E-state index in [1.54, 1.807) is 61.0 Å². The summed E-state index contributed by atoms with van der Waals surface area (Å²) in [6, 6.07) is 18.0. The maximum atomic E-state index is 13.7. The van der Waals surface area contributed by atoms with E-state index in [1.165, 1.54) is 4.31 Å². The van der Waals surface area contributed by atoms with E-state index in [-0.39, 0.29) is 11.4 Å². The van der Waals surface area contributed by atoms with Crippen molar-refractivity contribution in [3.05, 3.63) is 83.8 Å². The number of benzene rings is 2. The molecule has 0 spiro atoms. The van der Waals surface area contributed by atoms with E-state index in [1.807, 2.05) is 31.2 Å². The summed E-state index contributed by atoms with van der Waals surface area (Å²) in [5, 5.41) is 8.04. The number of aromatic nitrogens is 3. The first kappa shape index (κ1) is 19.9. The van der Waals surface area contributed by atoms with Gasteiger partial charge in [0.15, 0.2) is 5.65 Å². The van der Waals surface area contributed by atoms with Crippen molar-refractivity contribution in [1.82, 2.24) is 14.6 Å². The highest BCUT2D eigenvalue weighted by atomic mass is 32.2. The first-order chi connectivity index (χ1) is 14.4. The molecule has 0 aliphatic rings. The molecule has 4 aromatic rings. The van der Waals surface area contributed by atoms with Gasteiger partial charge in [0, 0.05) is 6.20 Å². The van der Waals surface area contributed by atoms with Gasteiger partial charge in [-0.25, -0.2) is 8.42 Å². The summed E-state index contributed by atoms with van der Waals surface area (Å²) in [6.07, 6.45) is 1.56. The second kappa shape index (κ2) is 7.79. The summed E-state index contributed by atoms with van der Waals surface area (Å²) in [6.45, 7) is 3.96. The van der Waals surface area contributed by atoms with Crippen molar-refractivity contribution in [3.63, 3.8) is 0 Å². The van der Waals surface area contributed by atoms with Gasteiger partial charge >= 0.3 is 0 Å². The van der Waals surface area contributed by atoms with Crippen LogP contribution in [0, 0.1) is 13.8 Å².